The Labute approximate surface area is 127 Å². The van der Waals surface area contributed by atoms with Crippen LogP contribution >= 0.6 is 15.9 Å². The van der Waals surface area contributed by atoms with Crippen LogP contribution in [0.1, 0.15) is 31.7 Å². The lowest BCUT2D eigenvalue weighted by Crippen LogP contribution is -2.44. The van der Waals surface area contributed by atoms with Crippen LogP contribution in [0.5, 0.6) is 0 Å². The number of aliphatic carboxylic acids is 1. The minimum absolute atomic E-state index is 0.599. The molecule has 1 aromatic rings. The third-order valence-electron chi connectivity index (χ3n) is 4.27. The molecule has 0 unspecified atom stereocenters. The molecule has 5 heteroatoms. The second-order valence-electron chi connectivity index (χ2n) is 5.20. The molecule has 1 saturated heterocycles. The van der Waals surface area contributed by atoms with Crippen molar-refractivity contribution in [2.45, 2.75) is 26.2 Å². The molecule has 0 aliphatic carbocycles. The number of piperidine rings is 1. The number of hydrogen-bond acceptors (Lipinski definition) is 3. The number of nitriles is 1. The van der Waals surface area contributed by atoms with Gasteiger partial charge in [0, 0.05) is 17.6 Å². The predicted octanol–water partition coefficient (Wildman–Crippen LogP) is 3.40. The molecular weight excluding hydrogens is 320 g/mol. The maximum absolute atomic E-state index is 11.4. The molecule has 0 radical (unpaired) electrons. The van der Waals surface area contributed by atoms with E-state index in [1.807, 2.05) is 19.1 Å². The second-order valence-corrected chi connectivity index (χ2v) is 6.12. The Morgan fingerprint density at radius 3 is 2.65 bits per heavy atom. The van der Waals surface area contributed by atoms with E-state index >= 15 is 0 Å². The molecule has 1 heterocycles. The van der Waals surface area contributed by atoms with Crippen molar-refractivity contribution in [1.29, 1.82) is 5.26 Å². The number of rotatable bonds is 3. The van der Waals surface area contributed by atoms with Crippen LogP contribution in [0.15, 0.2) is 22.7 Å². The molecule has 106 valence electrons. The van der Waals surface area contributed by atoms with Gasteiger partial charge in [-0.15, -0.1) is 0 Å². The number of halogens is 1. The molecule has 0 amide bonds. The van der Waals surface area contributed by atoms with Crippen LogP contribution in [0.3, 0.4) is 0 Å². The first-order valence-corrected chi connectivity index (χ1v) is 7.50. The third kappa shape index (κ3) is 2.66. The molecule has 0 saturated carbocycles. The molecule has 2 rings (SSSR count). The molecule has 0 bridgehead atoms. The van der Waals surface area contributed by atoms with Crippen LogP contribution in [0.25, 0.3) is 0 Å². The van der Waals surface area contributed by atoms with Crippen LogP contribution < -0.4 is 4.90 Å². The van der Waals surface area contributed by atoms with E-state index in [4.69, 9.17) is 0 Å². The van der Waals surface area contributed by atoms with Crippen molar-refractivity contribution in [2.75, 3.05) is 18.0 Å². The van der Waals surface area contributed by atoms with Crippen molar-refractivity contribution in [3.8, 4) is 6.07 Å². The zero-order valence-corrected chi connectivity index (χ0v) is 13.0. The summed E-state index contributed by atoms with van der Waals surface area (Å²) < 4.78 is 0.878. The molecule has 1 aliphatic rings. The predicted molar refractivity (Wildman–Crippen MR) is 80.7 cm³/mol. The topological polar surface area (TPSA) is 64.3 Å². The Kier molecular flexibility index (Phi) is 4.34. The van der Waals surface area contributed by atoms with Gasteiger partial charge in [0.15, 0.2) is 0 Å². The van der Waals surface area contributed by atoms with E-state index in [0.717, 1.165) is 10.2 Å². The summed E-state index contributed by atoms with van der Waals surface area (Å²) in [6.45, 7) is 3.29. The zero-order chi connectivity index (χ0) is 14.8. The molecule has 0 aromatic heterocycles. The largest absolute Gasteiger partial charge is 0.481 e. The maximum atomic E-state index is 11.4. The number of carbonyl (C=O) groups is 1. The van der Waals surface area contributed by atoms with E-state index in [0.29, 0.717) is 37.9 Å². The van der Waals surface area contributed by atoms with Gasteiger partial charge in [-0.2, -0.15) is 5.26 Å². The van der Waals surface area contributed by atoms with Crippen molar-refractivity contribution in [3.05, 3.63) is 28.2 Å². The van der Waals surface area contributed by atoms with Gasteiger partial charge in [-0.05, 0) is 37.5 Å². The number of carboxylic acids is 1. The third-order valence-corrected chi connectivity index (χ3v) is 4.76. The summed E-state index contributed by atoms with van der Waals surface area (Å²) >= 11 is 3.36. The second kappa shape index (κ2) is 5.84. The molecule has 1 aliphatic heterocycles. The highest BCUT2D eigenvalue weighted by Crippen LogP contribution is 2.37. The number of benzene rings is 1. The smallest absolute Gasteiger partial charge is 0.309 e. The van der Waals surface area contributed by atoms with Gasteiger partial charge in [0.25, 0.3) is 0 Å². The maximum Gasteiger partial charge on any atom is 0.309 e. The van der Waals surface area contributed by atoms with Crippen LogP contribution in [-0.2, 0) is 4.79 Å². The van der Waals surface area contributed by atoms with Gasteiger partial charge >= 0.3 is 5.97 Å². The van der Waals surface area contributed by atoms with Gasteiger partial charge in [0.1, 0.15) is 6.07 Å². The highest BCUT2D eigenvalue weighted by Gasteiger charge is 2.40. The Balaban J connectivity index is 2.19. The Hall–Kier alpha value is -1.54. The van der Waals surface area contributed by atoms with E-state index in [2.05, 4.69) is 26.9 Å². The van der Waals surface area contributed by atoms with Crippen LogP contribution in [0.2, 0.25) is 0 Å². The minimum atomic E-state index is -0.698. The number of nitrogens with zero attached hydrogens (tertiary/aromatic N) is 2. The van der Waals surface area contributed by atoms with Gasteiger partial charge in [-0.25, -0.2) is 0 Å². The van der Waals surface area contributed by atoms with Crippen molar-refractivity contribution >= 4 is 27.6 Å². The number of anilines is 1. The van der Waals surface area contributed by atoms with E-state index in [-0.39, 0.29) is 0 Å². The van der Waals surface area contributed by atoms with Gasteiger partial charge in [0.05, 0.1) is 16.7 Å². The highest BCUT2D eigenvalue weighted by molar-refractivity contribution is 9.10. The van der Waals surface area contributed by atoms with E-state index in [9.17, 15) is 15.2 Å². The average molecular weight is 337 g/mol. The molecule has 1 fully saturated rings. The van der Waals surface area contributed by atoms with Crippen molar-refractivity contribution in [1.82, 2.24) is 0 Å². The summed E-state index contributed by atoms with van der Waals surface area (Å²) in [6.07, 6.45) is 1.90. The zero-order valence-electron chi connectivity index (χ0n) is 11.4. The Morgan fingerprint density at radius 1 is 1.50 bits per heavy atom. The van der Waals surface area contributed by atoms with E-state index in [1.54, 1.807) is 6.07 Å². The summed E-state index contributed by atoms with van der Waals surface area (Å²) in [5.74, 6) is -0.698. The Bertz CT molecular complexity index is 557. The molecule has 1 aromatic carbocycles. The lowest BCUT2D eigenvalue weighted by molar-refractivity contribution is -0.150. The lowest BCUT2D eigenvalue weighted by Gasteiger charge is -2.39. The fourth-order valence-electron chi connectivity index (χ4n) is 2.77. The quantitative estimate of drug-likeness (QED) is 0.918. The summed E-state index contributed by atoms with van der Waals surface area (Å²) in [4.78, 5) is 13.6. The van der Waals surface area contributed by atoms with Gasteiger partial charge in [-0.1, -0.05) is 22.9 Å². The van der Waals surface area contributed by atoms with Gasteiger partial charge in [-0.3, -0.25) is 4.79 Å². The van der Waals surface area contributed by atoms with E-state index in [1.165, 1.54) is 0 Å². The van der Waals surface area contributed by atoms with Crippen molar-refractivity contribution < 1.29 is 9.90 Å². The molecular formula is C15H17BrN2O2. The summed E-state index contributed by atoms with van der Waals surface area (Å²) in [6, 6.07) is 7.83. The first-order valence-electron chi connectivity index (χ1n) is 6.70. The number of carboxylic acid groups (broad SMARTS) is 1. The summed E-state index contributed by atoms with van der Waals surface area (Å²) in [7, 11) is 0. The van der Waals surface area contributed by atoms with E-state index < -0.39 is 11.4 Å². The fourth-order valence-corrected chi connectivity index (χ4v) is 3.13. The van der Waals surface area contributed by atoms with Crippen LogP contribution in [-0.4, -0.2) is 24.2 Å². The monoisotopic (exact) mass is 336 g/mol. The summed E-state index contributed by atoms with van der Waals surface area (Å²) in [5, 5.41) is 18.6. The molecule has 0 spiro atoms. The Morgan fingerprint density at radius 2 is 2.15 bits per heavy atom. The summed E-state index contributed by atoms with van der Waals surface area (Å²) in [5.41, 5.74) is 0.920. The standard InChI is InChI=1S/C15H17BrN2O2/c1-2-15(14(19)20)5-7-18(8-6-15)13-4-3-12(16)9-11(13)10-17/h3-4,9H,2,5-8H2,1H3,(H,19,20). The lowest BCUT2D eigenvalue weighted by atomic mass is 9.76. The van der Waals surface area contributed by atoms with Gasteiger partial charge < -0.3 is 10.0 Å². The van der Waals surface area contributed by atoms with Crippen molar-refractivity contribution in [3.63, 3.8) is 0 Å². The molecule has 0 atom stereocenters. The fraction of sp³-hybridized carbons (Fsp3) is 0.467. The van der Waals surface area contributed by atoms with Crippen LogP contribution in [0.4, 0.5) is 5.69 Å². The first-order chi connectivity index (χ1) is 9.52. The highest BCUT2D eigenvalue weighted by atomic mass is 79.9. The molecule has 20 heavy (non-hydrogen) atoms. The van der Waals surface area contributed by atoms with Crippen molar-refractivity contribution in [2.24, 2.45) is 5.41 Å². The SMILES string of the molecule is CCC1(C(=O)O)CCN(c2ccc(Br)cc2C#N)CC1. The minimum Gasteiger partial charge on any atom is -0.481 e. The normalized spacial score (nSPS) is 17.6. The van der Waals surface area contributed by atoms with Gasteiger partial charge in [0.2, 0.25) is 0 Å². The van der Waals surface area contributed by atoms with Crippen LogP contribution in [0, 0.1) is 16.7 Å². The molecule has 1 N–H and O–H groups in total. The first kappa shape index (κ1) is 14.9. The molecule has 4 nitrogen and oxygen atoms in total. The average Bonchev–Trinajstić information content (AvgIpc) is 2.47. The number of hydrogen-bond donors (Lipinski definition) is 1.